The van der Waals surface area contributed by atoms with Crippen LogP contribution < -0.4 is 10.2 Å². The fourth-order valence-corrected chi connectivity index (χ4v) is 4.07. The molecule has 1 atom stereocenters. The molecule has 1 unspecified atom stereocenters. The molecule has 3 aromatic rings. The number of anilines is 1. The van der Waals surface area contributed by atoms with Crippen LogP contribution in [0.2, 0.25) is 0 Å². The molecule has 1 aliphatic heterocycles. The lowest BCUT2D eigenvalue weighted by atomic mass is 9.94. The third kappa shape index (κ3) is 2.86. The lowest BCUT2D eigenvalue weighted by molar-refractivity contribution is -0.134. The van der Waals surface area contributed by atoms with E-state index in [1.807, 2.05) is 17.0 Å². The van der Waals surface area contributed by atoms with E-state index < -0.39 is 0 Å². The van der Waals surface area contributed by atoms with Crippen LogP contribution in [0.15, 0.2) is 42.7 Å². The van der Waals surface area contributed by atoms with Gasteiger partial charge in [-0.1, -0.05) is 24.3 Å². The van der Waals surface area contributed by atoms with Crippen molar-refractivity contribution in [3.8, 4) is 0 Å². The van der Waals surface area contributed by atoms with Gasteiger partial charge in [-0.3, -0.25) is 4.79 Å². The second-order valence-electron chi connectivity index (χ2n) is 7.31. The van der Waals surface area contributed by atoms with Gasteiger partial charge in [0, 0.05) is 26.2 Å². The third-order valence-corrected chi connectivity index (χ3v) is 6.05. The fraction of sp³-hybridized carbons (Fsp3) is 0.368. The van der Waals surface area contributed by atoms with Gasteiger partial charge in [0.15, 0.2) is 5.65 Å². The molecule has 2 aliphatic rings. The maximum Gasteiger partial charge on any atom is 0.233 e. The molecule has 1 aliphatic carbocycles. The molecule has 7 nitrogen and oxygen atoms in total. The Balaban J connectivity index is 1.28. The molecular weight excluding hydrogens is 359 g/mol. The number of fused-ring (bicyclic) bond motifs is 1. The van der Waals surface area contributed by atoms with E-state index in [1.165, 1.54) is 0 Å². The number of rotatable bonds is 3. The topological polar surface area (TPSA) is 66.6 Å². The van der Waals surface area contributed by atoms with Crippen LogP contribution in [0, 0.1) is 0 Å². The Kier molecular flexibility index (Phi) is 3.86. The van der Waals surface area contributed by atoms with Gasteiger partial charge in [0.05, 0.1) is 5.41 Å². The van der Waals surface area contributed by atoms with Crippen LogP contribution in [0.25, 0.3) is 5.65 Å². The summed E-state index contributed by atoms with van der Waals surface area (Å²) >= 11 is 0. The summed E-state index contributed by atoms with van der Waals surface area (Å²) in [5.74, 6) is 1.17. The van der Waals surface area contributed by atoms with Crippen LogP contribution in [0.3, 0.4) is 0 Å². The number of hydrogen-bond acceptors (Lipinski definition) is 5. The summed E-state index contributed by atoms with van der Waals surface area (Å²) in [7, 11) is 2.70. The smallest absolute Gasteiger partial charge is 0.233 e. The second kappa shape index (κ2) is 6.27. The lowest BCUT2D eigenvalue weighted by Gasteiger charge is -2.37. The van der Waals surface area contributed by atoms with Gasteiger partial charge < -0.3 is 9.80 Å². The number of aromatic nitrogens is 4. The number of carbonyl (C=O) groups excluding carboxylic acids is 1. The van der Waals surface area contributed by atoms with Crippen molar-refractivity contribution in [2.45, 2.75) is 18.3 Å². The van der Waals surface area contributed by atoms with E-state index in [4.69, 9.17) is 0 Å². The number of benzene rings is 1. The highest BCUT2D eigenvalue weighted by Crippen LogP contribution is 2.49. The Hall–Kier alpha value is -2.53. The zero-order chi connectivity index (χ0) is 18.4. The molecule has 27 heavy (non-hydrogen) atoms. The first-order valence-electron chi connectivity index (χ1n) is 9.23. The van der Waals surface area contributed by atoms with E-state index in [2.05, 4.69) is 53.7 Å². The van der Waals surface area contributed by atoms with Gasteiger partial charge in [-0.2, -0.15) is 4.52 Å². The summed E-state index contributed by atoms with van der Waals surface area (Å²) in [4.78, 5) is 17.5. The Bertz CT molecular complexity index is 989. The van der Waals surface area contributed by atoms with Crippen LogP contribution in [0.1, 0.15) is 18.4 Å². The van der Waals surface area contributed by atoms with Crippen molar-refractivity contribution in [3.63, 3.8) is 0 Å². The monoisotopic (exact) mass is 380 g/mol. The van der Waals surface area contributed by atoms with Crippen molar-refractivity contribution in [3.05, 3.63) is 48.3 Å². The summed E-state index contributed by atoms with van der Waals surface area (Å²) in [5.41, 5.74) is 1.60. The van der Waals surface area contributed by atoms with Crippen molar-refractivity contribution in [1.82, 2.24) is 24.7 Å². The highest BCUT2D eigenvalue weighted by atomic mass is 31.0. The molecule has 1 saturated heterocycles. The van der Waals surface area contributed by atoms with E-state index in [9.17, 15) is 4.79 Å². The van der Waals surface area contributed by atoms with E-state index in [-0.39, 0.29) is 11.3 Å². The molecule has 0 spiro atoms. The summed E-state index contributed by atoms with van der Waals surface area (Å²) in [5, 5.41) is 13.6. The molecule has 0 radical (unpaired) electrons. The molecule has 1 saturated carbocycles. The quantitative estimate of drug-likeness (QED) is 0.635. The molecule has 0 bridgehead atoms. The number of amides is 1. The van der Waals surface area contributed by atoms with Crippen molar-refractivity contribution in [2.24, 2.45) is 0 Å². The number of nitrogens with zero attached hydrogens (tertiary/aromatic N) is 6. The van der Waals surface area contributed by atoms with Crippen molar-refractivity contribution in [2.75, 3.05) is 31.1 Å². The van der Waals surface area contributed by atoms with Gasteiger partial charge in [-0.25, -0.2) is 0 Å². The third-order valence-electron chi connectivity index (χ3n) is 5.66. The highest BCUT2D eigenvalue weighted by Gasteiger charge is 2.53. The standard InChI is InChI=1S/C19H21N6OP/c26-18(19(7-8-19)14-1-3-15(27)4-2-14)24-11-9-23(10-12-24)17-6-5-16-21-20-13-25(16)22-17/h1-6,13H,7-12,27H2. The first-order valence-corrected chi connectivity index (χ1v) is 9.81. The molecule has 8 heteroatoms. The predicted octanol–water partition coefficient (Wildman–Crippen LogP) is 1.01. The van der Waals surface area contributed by atoms with Crippen LogP contribution in [-0.4, -0.2) is 56.8 Å². The van der Waals surface area contributed by atoms with Crippen LogP contribution in [0.4, 0.5) is 5.82 Å². The van der Waals surface area contributed by atoms with E-state index in [1.54, 1.807) is 10.8 Å². The SMILES string of the molecule is O=C(N1CCN(c2ccc3nncn3n2)CC1)C1(c2ccc(P)cc2)CC1. The average Bonchev–Trinajstić information content (AvgIpc) is 3.38. The molecule has 5 rings (SSSR count). The van der Waals surface area contributed by atoms with Gasteiger partial charge in [-0.05, 0) is 35.8 Å². The van der Waals surface area contributed by atoms with E-state index in [0.717, 1.165) is 61.4 Å². The maximum atomic E-state index is 13.2. The van der Waals surface area contributed by atoms with Crippen LogP contribution >= 0.6 is 9.24 Å². The van der Waals surface area contributed by atoms with Gasteiger partial charge in [0.1, 0.15) is 12.1 Å². The number of carbonyl (C=O) groups is 1. The molecule has 2 fully saturated rings. The number of hydrogen-bond donors (Lipinski definition) is 0. The van der Waals surface area contributed by atoms with Gasteiger partial charge in [0.25, 0.3) is 0 Å². The van der Waals surface area contributed by atoms with Crippen LogP contribution in [0.5, 0.6) is 0 Å². The molecule has 138 valence electrons. The zero-order valence-electron chi connectivity index (χ0n) is 15.0. The summed E-state index contributed by atoms with van der Waals surface area (Å²) < 4.78 is 1.68. The fourth-order valence-electron chi connectivity index (χ4n) is 3.88. The normalized spacial score (nSPS) is 18.7. The molecule has 1 amide bonds. The first kappa shape index (κ1) is 16.6. The predicted molar refractivity (Wildman–Crippen MR) is 106 cm³/mol. The first-order chi connectivity index (χ1) is 13.2. The van der Waals surface area contributed by atoms with Crippen LogP contribution in [-0.2, 0) is 10.2 Å². The average molecular weight is 380 g/mol. The minimum Gasteiger partial charge on any atom is -0.352 e. The molecule has 3 heterocycles. The molecule has 1 aromatic carbocycles. The Morgan fingerprint density at radius 3 is 2.44 bits per heavy atom. The maximum absolute atomic E-state index is 13.2. The van der Waals surface area contributed by atoms with Gasteiger partial charge >= 0.3 is 0 Å². The molecule has 0 N–H and O–H groups in total. The highest BCUT2D eigenvalue weighted by molar-refractivity contribution is 7.27. The largest absolute Gasteiger partial charge is 0.352 e. The van der Waals surface area contributed by atoms with E-state index in [0.29, 0.717) is 0 Å². The summed E-state index contributed by atoms with van der Waals surface area (Å²) in [6, 6.07) is 12.2. The van der Waals surface area contributed by atoms with Gasteiger partial charge in [-0.15, -0.1) is 24.5 Å². The minimum absolute atomic E-state index is 0.279. The lowest BCUT2D eigenvalue weighted by Crippen LogP contribution is -2.51. The minimum atomic E-state index is -0.291. The molecular formula is C19H21N6OP. The van der Waals surface area contributed by atoms with Crippen molar-refractivity contribution >= 4 is 31.9 Å². The molecule has 2 aromatic heterocycles. The van der Waals surface area contributed by atoms with Crippen molar-refractivity contribution in [1.29, 1.82) is 0 Å². The Morgan fingerprint density at radius 2 is 1.74 bits per heavy atom. The Morgan fingerprint density at radius 1 is 1.00 bits per heavy atom. The second-order valence-corrected chi connectivity index (χ2v) is 7.98. The summed E-state index contributed by atoms with van der Waals surface area (Å²) in [6.45, 7) is 3.02. The summed E-state index contributed by atoms with van der Waals surface area (Å²) in [6.07, 6.45) is 3.51. The zero-order valence-corrected chi connectivity index (χ0v) is 16.1. The van der Waals surface area contributed by atoms with Gasteiger partial charge in [0.2, 0.25) is 5.91 Å². The number of piperazine rings is 1. The van der Waals surface area contributed by atoms with E-state index >= 15 is 0 Å². The van der Waals surface area contributed by atoms with Crippen molar-refractivity contribution < 1.29 is 4.79 Å². The Labute approximate surface area is 159 Å².